The van der Waals surface area contributed by atoms with Gasteiger partial charge in [0.25, 0.3) is 5.92 Å². The third-order valence-electron chi connectivity index (χ3n) is 4.82. The summed E-state index contributed by atoms with van der Waals surface area (Å²) >= 11 is 0. The second-order valence-corrected chi connectivity index (χ2v) is 6.42. The maximum absolute atomic E-state index is 14.3. The number of rotatable bonds is 3. The molecule has 24 heavy (non-hydrogen) atoms. The highest BCUT2D eigenvalue weighted by Gasteiger charge is 2.39. The maximum Gasteiger partial charge on any atom is 0.251 e. The zero-order valence-electron chi connectivity index (χ0n) is 13.6. The molecule has 2 saturated heterocycles. The van der Waals surface area contributed by atoms with Gasteiger partial charge in [0.15, 0.2) is 11.6 Å². The Morgan fingerprint density at radius 3 is 2.67 bits per heavy atom. The summed E-state index contributed by atoms with van der Waals surface area (Å²) in [6.45, 7) is 2.88. The van der Waals surface area contributed by atoms with Crippen LogP contribution in [0.2, 0.25) is 0 Å². The molecular formula is C16H21F3N4O. The molecule has 132 valence electrons. The first-order valence-electron chi connectivity index (χ1n) is 8.32. The fourth-order valence-electron chi connectivity index (χ4n) is 3.33. The van der Waals surface area contributed by atoms with Gasteiger partial charge in [0.05, 0.1) is 11.6 Å². The number of halogens is 3. The Balaban J connectivity index is 1.64. The van der Waals surface area contributed by atoms with E-state index in [2.05, 4.69) is 9.97 Å². The number of aromatic nitrogens is 2. The largest absolute Gasteiger partial charge is 0.353 e. The highest BCUT2D eigenvalue weighted by molar-refractivity contribution is 5.80. The number of hydrogen-bond donors (Lipinski definition) is 0. The number of carbonyl (C=O) groups excluding carboxylic acids is 1. The Labute approximate surface area is 138 Å². The summed E-state index contributed by atoms with van der Waals surface area (Å²) in [5.74, 6) is -3.29. The van der Waals surface area contributed by atoms with E-state index in [1.165, 1.54) is 11.2 Å². The van der Waals surface area contributed by atoms with Crippen molar-refractivity contribution in [1.29, 1.82) is 0 Å². The summed E-state index contributed by atoms with van der Waals surface area (Å²) in [5, 5.41) is 0. The summed E-state index contributed by atoms with van der Waals surface area (Å²) in [6.07, 6.45) is 1.82. The number of likely N-dealkylation sites (tertiary alicyclic amines) is 1. The van der Waals surface area contributed by atoms with Gasteiger partial charge in [-0.1, -0.05) is 6.92 Å². The molecule has 5 nitrogen and oxygen atoms in total. The molecule has 8 heteroatoms. The fraction of sp³-hybridized carbons (Fsp3) is 0.688. The van der Waals surface area contributed by atoms with Crippen LogP contribution in [-0.4, -0.2) is 52.9 Å². The van der Waals surface area contributed by atoms with E-state index in [-0.39, 0.29) is 43.6 Å². The van der Waals surface area contributed by atoms with Crippen molar-refractivity contribution in [1.82, 2.24) is 14.9 Å². The molecule has 0 aliphatic carbocycles. The highest BCUT2D eigenvalue weighted by Crippen LogP contribution is 2.31. The average molecular weight is 342 g/mol. The molecule has 1 aromatic rings. The number of amides is 1. The number of aryl methyl sites for hydroxylation is 1. The van der Waals surface area contributed by atoms with Crippen LogP contribution in [0.25, 0.3) is 0 Å². The number of carbonyl (C=O) groups is 1. The van der Waals surface area contributed by atoms with Crippen LogP contribution >= 0.6 is 0 Å². The maximum atomic E-state index is 14.3. The Kier molecular flexibility index (Phi) is 4.64. The van der Waals surface area contributed by atoms with E-state index in [1.54, 1.807) is 4.90 Å². The van der Waals surface area contributed by atoms with E-state index in [9.17, 15) is 18.0 Å². The van der Waals surface area contributed by atoms with Crippen molar-refractivity contribution in [3.63, 3.8) is 0 Å². The lowest BCUT2D eigenvalue weighted by Crippen LogP contribution is -2.45. The Bertz CT molecular complexity index is 615. The summed E-state index contributed by atoms with van der Waals surface area (Å²) in [4.78, 5) is 23.7. The van der Waals surface area contributed by atoms with Gasteiger partial charge in [-0.2, -0.15) is 0 Å². The molecule has 0 N–H and O–H groups in total. The quantitative estimate of drug-likeness (QED) is 0.845. The molecular weight excluding hydrogens is 321 g/mol. The predicted molar refractivity (Wildman–Crippen MR) is 82.4 cm³/mol. The molecule has 1 unspecified atom stereocenters. The van der Waals surface area contributed by atoms with Gasteiger partial charge >= 0.3 is 0 Å². The van der Waals surface area contributed by atoms with Gasteiger partial charge in [0, 0.05) is 39.0 Å². The van der Waals surface area contributed by atoms with Gasteiger partial charge in [-0.05, 0) is 12.8 Å². The zero-order valence-corrected chi connectivity index (χ0v) is 13.6. The summed E-state index contributed by atoms with van der Waals surface area (Å²) in [5.41, 5.74) is 0.355. The summed E-state index contributed by atoms with van der Waals surface area (Å²) < 4.78 is 40.8. The molecule has 0 bridgehead atoms. The van der Waals surface area contributed by atoms with Crippen LogP contribution in [0.1, 0.15) is 31.9 Å². The first-order chi connectivity index (χ1) is 11.4. The summed E-state index contributed by atoms with van der Waals surface area (Å²) in [6, 6.07) is 0. The molecule has 0 radical (unpaired) electrons. The molecule has 3 heterocycles. The van der Waals surface area contributed by atoms with Crippen LogP contribution < -0.4 is 4.90 Å². The number of anilines is 1. The standard InChI is InChI=1S/C16H21F3N4O/c1-2-12-13(17)14(21-10-20-12)23-6-3-11(9-23)15(24)22-7-4-16(18,19)5-8-22/h10-11H,2-9H2,1H3. The molecule has 2 fully saturated rings. The predicted octanol–water partition coefficient (Wildman–Crippen LogP) is 2.26. The minimum atomic E-state index is -2.67. The molecule has 0 aromatic carbocycles. The average Bonchev–Trinajstić information content (AvgIpc) is 3.04. The Morgan fingerprint density at radius 2 is 2.00 bits per heavy atom. The van der Waals surface area contributed by atoms with Crippen molar-refractivity contribution < 1.29 is 18.0 Å². The lowest BCUT2D eigenvalue weighted by molar-refractivity contribution is -0.140. The molecule has 1 atom stereocenters. The van der Waals surface area contributed by atoms with E-state index < -0.39 is 11.7 Å². The Morgan fingerprint density at radius 1 is 1.29 bits per heavy atom. The monoisotopic (exact) mass is 342 g/mol. The van der Waals surface area contributed by atoms with Gasteiger partial charge in [-0.3, -0.25) is 4.79 Å². The van der Waals surface area contributed by atoms with Crippen LogP contribution in [0.4, 0.5) is 19.0 Å². The van der Waals surface area contributed by atoms with Gasteiger partial charge in [-0.15, -0.1) is 0 Å². The van der Waals surface area contributed by atoms with Crippen molar-refractivity contribution in [2.45, 2.75) is 38.5 Å². The lowest BCUT2D eigenvalue weighted by Gasteiger charge is -2.33. The smallest absolute Gasteiger partial charge is 0.251 e. The van der Waals surface area contributed by atoms with Crippen LogP contribution in [0.3, 0.4) is 0 Å². The molecule has 0 spiro atoms. The van der Waals surface area contributed by atoms with E-state index >= 15 is 0 Å². The molecule has 2 aliphatic rings. The first-order valence-corrected chi connectivity index (χ1v) is 8.32. The number of hydrogen-bond acceptors (Lipinski definition) is 4. The van der Waals surface area contributed by atoms with Crippen LogP contribution in [0, 0.1) is 11.7 Å². The fourth-order valence-corrected chi connectivity index (χ4v) is 3.33. The molecule has 2 aliphatic heterocycles. The SMILES string of the molecule is CCc1ncnc(N2CCC(C(=O)N3CCC(F)(F)CC3)C2)c1F. The third-order valence-corrected chi connectivity index (χ3v) is 4.82. The second kappa shape index (κ2) is 6.57. The third kappa shape index (κ3) is 3.32. The van der Waals surface area contributed by atoms with Crippen LogP contribution in [0.5, 0.6) is 0 Å². The van der Waals surface area contributed by atoms with Crippen molar-refractivity contribution in [2.75, 3.05) is 31.1 Å². The van der Waals surface area contributed by atoms with E-state index in [4.69, 9.17) is 0 Å². The number of nitrogens with zero attached hydrogens (tertiary/aromatic N) is 4. The van der Waals surface area contributed by atoms with Gasteiger partial charge in [0.1, 0.15) is 6.33 Å². The van der Waals surface area contributed by atoms with Crippen molar-refractivity contribution in [2.24, 2.45) is 5.92 Å². The minimum absolute atomic E-state index is 0.0875. The minimum Gasteiger partial charge on any atom is -0.353 e. The molecule has 1 aromatic heterocycles. The first kappa shape index (κ1) is 17.0. The van der Waals surface area contributed by atoms with Crippen molar-refractivity contribution >= 4 is 11.7 Å². The summed E-state index contributed by atoms with van der Waals surface area (Å²) in [7, 11) is 0. The zero-order chi connectivity index (χ0) is 17.3. The lowest BCUT2D eigenvalue weighted by atomic mass is 10.0. The van der Waals surface area contributed by atoms with Crippen molar-refractivity contribution in [3.8, 4) is 0 Å². The topological polar surface area (TPSA) is 49.3 Å². The second-order valence-electron chi connectivity index (χ2n) is 6.42. The van der Waals surface area contributed by atoms with E-state index in [0.717, 1.165) is 0 Å². The van der Waals surface area contributed by atoms with Gasteiger partial charge in [0.2, 0.25) is 5.91 Å². The molecule has 3 rings (SSSR count). The molecule has 0 saturated carbocycles. The van der Waals surface area contributed by atoms with E-state index in [1.807, 2.05) is 6.92 Å². The van der Waals surface area contributed by atoms with Gasteiger partial charge in [-0.25, -0.2) is 23.1 Å². The molecule has 1 amide bonds. The van der Waals surface area contributed by atoms with Crippen LogP contribution in [-0.2, 0) is 11.2 Å². The van der Waals surface area contributed by atoms with E-state index in [0.29, 0.717) is 31.6 Å². The number of alkyl halides is 2. The number of piperidine rings is 1. The van der Waals surface area contributed by atoms with Crippen molar-refractivity contribution in [3.05, 3.63) is 17.8 Å². The Hall–Kier alpha value is -1.86. The normalized spacial score (nSPS) is 23.6. The van der Waals surface area contributed by atoms with Crippen LogP contribution in [0.15, 0.2) is 6.33 Å². The van der Waals surface area contributed by atoms with Gasteiger partial charge < -0.3 is 9.80 Å². The highest BCUT2D eigenvalue weighted by atomic mass is 19.3.